The maximum atomic E-state index is 12.1. The molecule has 0 aliphatic carbocycles. The van der Waals surface area contributed by atoms with Crippen LogP contribution in [0.25, 0.3) is 0 Å². The number of methoxy groups -OCH3 is 1. The van der Waals surface area contributed by atoms with Crippen molar-refractivity contribution in [3.63, 3.8) is 0 Å². The Balaban J connectivity index is 1.99. The van der Waals surface area contributed by atoms with Gasteiger partial charge >= 0.3 is 5.97 Å². The highest BCUT2D eigenvalue weighted by Crippen LogP contribution is 2.14. The van der Waals surface area contributed by atoms with E-state index in [1.807, 2.05) is 38.1 Å². The second-order valence-electron chi connectivity index (χ2n) is 8.37. The van der Waals surface area contributed by atoms with Crippen molar-refractivity contribution in [3.8, 4) is 18.1 Å². The molecule has 0 saturated heterocycles. The molecule has 0 aliphatic heterocycles. The first kappa shape index (κ1) is 26.6. The molecule has 0 aromatic heterocycles. The first-order chi connectivity index (χ1) is 15.0. The smallest absolute Gasteiger partial charge is 0.328 e. The van der Waals surface area contributed by atoms with Gasteiger partial charge in [-0.25, -0.2) is 4.79 Å². The predicted octanol–water partition coefficient (Wildman–Crippen LogP) is 5.26. The fraction of sp³-hybridized carbons (Fsp3) is 0.615. The summed E-state index contributed by atoms with van der Waals surface area (Å²) in [5.41, 5.74) is 0.865. The molecule has 31 heavy (non-hydrogen) atoms. The number of esters is 1. The van der Waals surface area contributed by atoms with Crippen LogP contribution >= 0.6 is 0 Å². The molecular formula is C26H39NO4. The summed E-state index contributed by atoms with van der Waals surface area (Å²) >= 11 is 0. The van der Waals surface area contributed by atoms with Crippen molar-refractivity contribution >= 4 is 11.9 Å². The van der Waals surface area contributed by atoms with E-state index in [0.717, 1.165) is 50.0 Å². The SMILES string of the molecule is C#Cc1ccc(OCCCCCCCCCCC(=O)NC(CC(C)C)C(=O)OC)cc1. The van der Waals surface area contributed by atoms with Crippen molar-refractivity contribution in [1.29, 1.82) is 0 Å². The summed E-state index contributed by atoms with van der Waals surface area (Å²) in [4.78, 5) is 23.9. The zero-order valence-electron chi connectivity index (χ0n) is 19.5. The molecule has 1 aromatic rings. The first-order valence-corrected chi connectivity index (χ1v) is 11.5. The predicted molar refractivity (Wildman–Crippen MR) is 125 cm³/mol. The number of ether oxygens (including phenoxy) is 2. The standard InChI is InChI=1S/C26H39NO4/c1-5-22-15-17-23(18-16-22)31-19-13-11-9-7-6-8-10-12-14-25(28)27-24(20-21(2)3)26(29)30-4/h1,15-18,21,24H,6-14,19-20H2,2-4H3,(H,27,28). The van der Waals surface area contributed by atoms with Crippen LogP contribution in [-0.4, -0.2) is 31.6 Å². The van der Waals surface area contributed by atoms with Gasteiger partial charge in [0.2, 0.25) is 5.91 Å². The van der Waals surface area contributed by atoms with Crippen molar-refractivity contribution in [3.05, 3.63) is 29.8 Å². The molecule has 0 aliphatic rings. The van der Waals surface area contributed by atoms with Gasteiger partial charge in [-0.05, 0) is 49.4 Å². The summed E-state index contributed by atoms with van der Waals surface area (Å²) in [6.45, 7) is 4.77. The number of terminal acetylenes is 1. The Bertz CT molecular complexity index is 676. The van der Waals surface area contributed by atoms with E-state index in [1.165, 1.54) is 26.4 Å². The molecule has 5 nitrogen and oxygen atoms in total. The Kier molecular flexibility index (Phi) is 13.9. The van der Waals surface area contributed by atoms with Gasteiger partial charge in [-0.15, -0.1) is 6.42 Å². The Hall–Kier alpha value is -2.48. The number of amides is 1. The molecular weight excluding hydrogens is 390 g/mol. The van der Waals surface area contributed by atoms with Crippen LogP contribution in [0.15, 0.2) is 24.3 Å². The summed E-state index contributed by atoms with van der Waals surface area (Å²) in [5.74, 6) is 3.35. The van der Waals surface area contributed by atoms with Gasteiger partial charge in [-0.2, -0.15) is 0 Å². The molecule has 0 spiro atoms. The zero-order chi connectivity index (χ0) is 22.9. The van der Waals surface area contributed by atoms with E-state index in [2.05, 4.69) is 11.2 Å². The Morgan fingerprint density at radius 2 is 1.55 bits per heavy atom. The molecule has 0 saturated carbocycles. The van der Waals surface area contributed by atoms with Crippen molar-refractivity contribution in [2.24, 2.45) is 5.92 Å². The number of rotatable bonds is 16. The fourth-order valence-electron chi connectivity index (χ4n) is 3.38. The normalized spacial score (nSPS) is 11.6. The number of carbonyl (C=O) groups excluding carboxylic acids is 2. The minimum Gasteiger partial charge on any atom is -0.494 e. The molecule has 1 N–H and O–H groups in total. The lowest BCUT2D eigenvalue weighted by Crippen LogP contribution is -2.42. The molecule has 1 rings (SSSR count). The molecule has 1 unspecified atom stereocenters. The van der Waals surface area contributed by atoms with Gasteiger partial charge in [-0.3, -0.25) is 4.79 Å². The third-order valence-electron chi connectivity index (χ3n) is 5.12. The van der Waals surface area contributed by atoms with E-state index >= 15 is 0 Å². The van der Waals surface area contributed by atoms with Crippen LogP contribution in [-0.2, 0) is 14.3 Å². The largest absolute Gasteiger partial charge is 0.494 e. The monoisotopic (exact) mass is 429 g/mol. The van der Waals surface area contributed by atoms with Crippen LogP contribution < -0.4 is 10.1 Å². The summed E-state index contributed by atoms with van der Waals surface area (Å²) < 4.78 is 10.5. The van der Waals surface area contributed by atoms with Gasteiger partial charge in [0.25, 0.3) is 0 Å². The van der Waals surface area contributed by atoms with Crippen LogP contribution in [0.4, 0.5) is 0 Å². The molecule has 0 radical (unpaired) electrons. The van der Waals surface area contributed by atoms with Gasteiger partial charge in [0.1, 0.15) is 11.8 Å². The highest BCUT2D eigenvalue weighted by molar-refractivity contribution is 5.84. The van der Waals surface area contributed by atoms with Crippen LogP contribution in [0.2, 0.25) is 0 Å². The second-order valence-corrected chi connectivity index (χ2v) is 8.37. The lowest BCUT2D eigenvalue weighted by atomic mass is 10.0. The number of unbranched alkanes of at least 4 members (excludes halogenated alkanes) is 7. The lowest BCUT2D eigenvalue weighted by Gasteiger charge is -2.18. The zero-order valence-corrected chi connectivity index (χ0v) is 19.5. The number of nitrogens with one attached hydrogen (secondary N) is 1. The summed E-state index contributed by atoms with van der Waals surface area (Å²) in [6.07, 6.45) is 15.3. The highest BCUT2D eigenvalue weighted by atomic mass is 16.5. The Morgan fingerprint density at radius 1 is 0.968 bits per heavy atom. The van der Waals surface area contributed by atoms with Crippen LogP contribution in [0.3, 0.4) is 0 Å². The number of hydrogen-bond acceptors (Lipinski definition) is 4. The maximum Gasteiger partial charge on any atom is 0.328 e. The van der Waals surface area contributed by atoms with Gasteiger partial charge in [-0.1, -0.05) is 58.3 Å². The van der Waals surface area contributed by atoms with Crippen molar-refractivity contribution in [2.75, 3.05) is 13.7 Å². The molecule has 0 fully saturated rings. The second kappa shape index (κ2) is 16.2. The molecule has 172 valence electrons. The third-order valence-corrected chi connectivity index (χ3v) is 5.12. The maximum absolute atomic E-state index is 12.1. The average molecular weight is 430 g/mol. The van der Waals surface area contributed by atoms with E-state index in [0.29, 0.717) is 18.8 Å². The van der Waals surface area contributed by atoms with Gasteiger partial charge in [0.05, 0.1) is 13.7 Å². The summed E-state index contributed by atoms with van der Waals surface area (Å²) in [6, 6.07) is 7.07. The molecule has 1 aromatic carbocycles. The number of hydrogen-bond donors (Lipinski definition) is 1. The molecule has 0 heterocycles. The van der Waals surface area contributed by atoms with E-state index in [1.54, 1.807) is 0 Å². The van der Waals surface area contributed by atoms with E-state index in [-0.39, 0.29) is 11.9 Å². The van der Waals surface area contributed by atoms with Crippen LogP contribution in [0.5, 0.6) is 5.75 Å². The van der Waals surface area contributed by atoms with E-state index in [4.69, 9.17) is 15.9 Å². The molecule has 1 amide bonds. The summed E-state index contributed by atoms with van der Waals surface area (Å²) in [7, 11) is 1.36. The quantitative estimate of drug-likeness (QED) is 0.221. The fourth-order valence-corrected chi connectivity index (χ4v) is 3.38. The minimum atomic E-state index is -0.538. The van der Waals surface area contributed by atoms with Crippen molar-refractivity contribution < 1.29 is 19.1 Å². The van der Waals surface area contributed by atoms with E-state index < -0.39 is 6.04 Å². The first-order valence-electron chi connectivity index (χ1n) is 11.5. The van der Waals surface area contributed by atoms with E-state index in [9.17, 15) is 9.59 Å². The average Bonchev–Trinajstić information content (AvgIpc) is 2.76. The molecule has 0 bridgehead atoms. The Labute approximate surface area is 188 Å². The van der Waals surface area contributed by atoms with Gasteiger partial charge in [0.15, 0.2) is 0 Å². The lowest BCUT2D eigenvalue weighted by molar-refractivity contribution is -0.145. The molecule has 1 atom stereocenters. The topological polar surface area (TPSA) is 64.6 Å². The Morgan fingerprint density at radius 3 is 2.10 bits per heavy atom. The van der Waals surface area contributed by atoms with Crippen LogP contribution in [0, 0.1) is 18.3 Å². The summed E-state index contributed by atoms with van der Waals surface area (Å²) in [5, 5.41) is 2.81. The van der Waals surface area contributed by atoms with Gasteiger partial charge < -0.3 is 14.8 Å². The third kappa shape index (κ3) is 12.7. The molecule has 5 heteroatoms. The number of carbonyl (C=O) groups is 2. The highest BCUT2D eigenvalue weighted by Gasteiger charge is 2.22. The van der Waals surface area contributed by atoms with Gasteiger partial charge in [0, 0.05) is 12.0 Å². The van der Waals surface area contributed by atoms with Crippen molar-refractivity contribution in [1.82, 2.24) is 5.32 Å². The van der Waals surface area contributed by atoms with Crippen LogP contribution in [0.1, 0.15) is 83.6 Å². The minimum absolute atomic E-state index is 0.0648. The van der Waals surface area contributed by atoms with Crippen molar-refractivity contribution in [2.45, 2.75) is 84.1 Å². The number of benzene rings is 1.